The maximum absolute atomic E-state index is 13.2. The van der Waals surface area contributed by atoms with Crippen LogP contribution in [0.15, 0.2) is 18.2 Å². The molecule has 1 atom stereocenters. The highest BCUT2D eigenvalue weighted by Gasteiger charge is 2.25. The minimum absolute atomic E-state index is 0.395. The summed E-state index contributed by atoms with van der Waals surface area (Å²) in [5.41, 5.74) is -0.395. The predicted octanol–water partition coefficient (Wildman–Crippen LogP) is 1.51. The third-order valence-corrected chi connectivity index (χ3v) is 4.06. The molecule has 0 N–H and O–H groups in total. The molecule has 3 nitrogen and oxygen atoms in total. The summed E-state index contributed by atoms with van der Waals surface area (Å²) in [6.07, 6.45) is 0.347. The first-order valence-electron chi connectivity index (χ1n) is 4.88. The molecule has 0 saturated heterocycles. The molecule has 0 aliphatic carbocycles. The number of Topliss-reactive ketones (excluding diaryl/α,β-unsaturated/α-hetero) is 1. The molecule has 0 spiro atoms. The van der Waals surface area contributed by atoms with E-state index in [4.69, 9.17) is 0 Å². The Bertz CT molecular complexity index is 517. The van der Waals surface area contributed by atoms with Gasteiger partial charge in [0.25, 0.3) is 0 Å². The lowest BCUT2D eigenvalue weighted by Crippen LogP contribution is -2.28. The van der Waals surface area contributed by atoms with Crippen LogP contribution < -0.4 is 0 Å². The van der Waals surface area contributed by atoms with Gasteiger partial charge in [0.05, 0.1) is 0 Å². The van der Waals surface area contributed by atoms with E-state index in [1.807, 2.05) is 0 Å². The molecule has 0 aliphatic heterocycles. The molecule has 6 heteroatoms. The van der Waals surface area contributed by atoms with Crippen LogP contribution in [0, 0.1) is 11.6 Å². The molecule has 0 aromatic heterocycles. The Labute approximate surface area is 98.4 Å². The topological polar surface area (TPSA) is 51.2 Å². The van der Waals surface area contributed by atoms with Gasteiger partial charge in [-0.05, 0) is 19.1 Å². The molecule has 17 heavy (non-hydrogen) atoms. The summed E-state index contributed by atoms with van der Waals surface area (Å²) in [5.74, 6) is -2.42. The first-order valence-corrected chi connectivity index (χ1v) is 6.83. The van der Waals surface area contributed by atoms with Crippen LogP contribution in [0.2, 0.25) is 0 Å². The molecule has 1 aromatic carbocycles. The largest absolute Gasteiger partial charge is 0.298 e. The van der Waals surface area contributed by atoms with Crippen molar-refractivity contribution in [1.29, 1.82) is 0 Å². The first kappa shape index (κ1) is 13.8. The van der Waals surface area contributed by atoms with Crippen molar-refractivity contribution in [2.75, 3.05) is 6.26 Å². The van der Waals surface area contributed by atoms with Crippen molar-refractivity contribution >= 4 is 15.6 Å². The normalized spacial score (nSPS) is 13.4. The van der Waals surface area contributed by atoms with Crippen LogP contribution in [0.3, 0.4) is 0 Å². The highest BCUT2D eigenvalue weighted by molar-refractivity contribution is 7.92. The first-order chi connectivity index (χ1) is 7.73. The Morgan fingerprint density at radius 2 is 1.76 bits per heavy atom. The summed E-state index contributed by atoms with van der Waals surface area (Å²) in [4.78, 5) is 11.6. The average Bonchev–Trinajstić information content (AvgIpc) is 2.21. The summed E-state index contributed by atoms with van der Waals surface area (Å²) in [7, 11) is -3.54. The van der Waals surface area contributed by atoms with Crippen molar-refractivity contribution in [2.45, 2.75) is 18.6 Å². The zero-order valence-electron chi connectivity index (χ0n) is 9.41. The standard InChI is InChI=1S/C11H12F2O3S/c1-7(17(2,15)16)11(14)6-8-9(12)4-3-5-10(8)13/h3-5,7H,6H2,1-2H3. The molecule has 1 unspecified atom stereocenters. The number of carbonyl (C=O) groups excluding carboxylic acids is 1. The molecule has 1 rings (SSSR count). The van der Waals surface area contributed by atoms with Crippen LogP contribution in [-0.4, -0.2) is 25.7 Å². The van der Waals surface area contributed by atoms with Crippen molar-refractivity contribution in [3.63, 3.8) is 0 Å². The van der Waals surface area contributed by atoms with Gasteiger partial charge in [-0.1, -0.05) is 6.07 Å². The smallest absolute Gasteiger partial charge is 0.157 e. The fourth-order valence-electron chi connectivity index (χ4n) is 1.26. The summed E-state index contributed by atoms with van der Waals surface area (Å²) in [6.45, 7) is 1.20. The molecule has 0 amide bonds. The van der Waals surface area contributed by atoms with Crippen LogP contribution in [0.25, 0.3) is 0 Å². The molecule has 0 fully saturated rings. The van der Waals surface area contributed by atoms with Gasteiger partial charge in [-0.15, -0.1) is 0 Å². The monoisotopic (exact) mass is 262 g/mol. The van der Waals surface area contributed by atoms with Gasteiger partial charge in [-0.2, -0.15) is 0 Å². The molecule has 94 valence electrons. The number of rotatable bonds is 4. The van der Waals surface area contributed by atoms with Gasteiger partial charge in [-0.3, -0.25) is 4.79 Å². The summed E-state index contributed by atoms with van der Waals surface area (Å²) in [5, 5.41) is -1.26. The Morgan fingerprint density at radius 1 is 1.29 bits per heavy atom. The van der Waals surface area contributed by atoms with E-state index in [1.54, 1.807) is 0 Å². The highest BCUT2D eigenvalue weighted by Crippen LogP contribution is 2.15. The quantitative estimate of drug-likeness (QED) is 0.826. The number of ketones is 1. The maximum Gasteiger partial charge on any atom is 0.157 e. The van der Waals surface area contributed by atoms with E-state index in [2.05, 4.69) is 0 Å². The fraction of sp³-hybridized carbons (Fsp3) is 0.364. The maximum atomic E-state index is 13.2. The second-order valence-corrected chi connectivity index (χ2v) is 6.18. The van der Waals surface area contributed by atoms with Crippen LogP contribution in [-0.2, 0) is 21.1 Å². The van der Waals surface area contributed by atoms with Gasteiger partial charge in [-0.25, -0.2) is 17.2 Å². The van der Waals surface area contributed by atoms with Crippen LogP contribution in [0.5, 0.6) is 0 Å². The number of sulfone groups is 1. The van der Waals surface area contributed by atoms with Crippen molar-refractivity contribution in [2.24, 2.45) is 0 Å². The third kappa shape index (κ3) is 3.33. The molecule has 0 bridgehead atoms. The van der Waals surface area contributed by atoms with Gasteiger partial charge < -0.3 is 0 Å². The van der Waals surface area contributed by atoms with Gasteiger partial charge >= 0.3 is 0 Å². The van der Waals surface area contributed by atoms with Crippen LogP contribution in [0.1, 0.15) is 12.5 Å². The molecule has 0 aliphatic rings. The summed E-state index contributed by atoms with van der Waals surface area (Å²) >= 11 is 0. The van der Waals surface area contributed by atoms with Gasteiger partial charge in [0.15, 0.2) is 15.6 Å². The Morgan fingerprint density at radius 3 is 2.18 bits per heavy atom. The fourth-order valence-corrected chi connectivity index (χ4v) is 1.82. The van der Waals surface area contributed by atoms with E-state index in [-0.39, 0.29) is 0 Å². The summed E-state index contributed by atoms with van der Waals surface area (Å²) in [6, 6.07) is 3.23. The average molecular weight is 262 g/mol. The molecule has 0 heterocycles. The van der Waals surface area contributed by atoms with E-state index in [0.29, 0.717) is 0 Å². The number of carbonyl (C=O) groups is 1. The van der Waals surface area contributed by atoms with Gasteiger partial charge in [0.1, 0.15) is 16.9 Å². The van der Waals surface area contributed by atoms with Crippen LogP contribution >= 0.6 is 0 Å². The lowest BCUT2D eigenvalue weighted by atomic mass is 10.1. The minimum atomic E-state index is -3.54. The van der Waals surface area contributed by atoms with Crippen molar-refractivity contribution < 1.29 is 22.0 Å². The Balaban J connectivity index is 2.97. The molecule has 0 saturated carbocycles. The van der Waals surface area contributed by atoms with E-state index in [9.17, 15) is 22.0 Å². The zero-order valence-corrected chi connectivity index (χ0v) is 10.2. The van der Waals surface area contributed by atoms with Gasteiger partial charge in [0.2, 0.25) is 0 Å². The highest BCUT2D eigenvalue weighted by atomic mass is 32.2. The predicted molar refractivity (Wildman–Crippen MR) is 59.4 cm³/mol. The van der Waals surface area contributed by atoms with E-state index >= 15 is 0 Å². The molecular weight excluding hydrogens is 250 g/mol. The Kier molecular flexibility index (Phi) is 3.98. The van der Waals surface area contributed by atoms with Crippen molar-refractivity contribution in [3.05, 3.63) is 35.4 Å². The number of halogens is 2. The number of hydrogen-bond acceptors (Lipinski definition) is 3. The zero-order chi connectivity index (χ0) is 13.2. The third-order valence-electron chi connectivity index (χ3n) is 2.51. The van der Waals surface area contributed by atoms with Crippen molar-refractivity contribution in [1.82, 2.24) is 0 Å². The lowest BCUT2D eigenvalue weighted by molar-refractivity contribution is -0.117. The second-order valence-electron chi connectivity index (χ2n) is 3.82. The summed E-state index contributed by atoms with van der Waals surface area (Å²) < 4.78 is 48.7. The van der Waals surface area contributed by atoms with Crippen LogP contribution in [0.4, 0.5) is 8.78 Å². The second kappa shape index (κ2) is 4.91. The van der Waals surface area contributed by atoms with Gasteiger partial charge in [0, 0.05) is 18.2 Å². The van der Waals surface area contributed by atoms with Crippen molar-refractivity contribution in [3.8, 4) is 0 Å². The minimum Gasteiger partial charge on any atom is -0.298 e. The van der Waals surface area contributed by atoms with E-state index in [1.165, 1.54) is 13.0 Å². The SMILES string of the molecule is CC(C(=O)Cc1c(F)cccc1F)S(C)(=O)=O. The van der Waals surface area contributed by atoms with E-state index < -0.39 is 44.5 Å². The Hall–Kier alpha value is -1.30. The molecular formula is C11H12F2O3S. The number of benzene rings is 1. The molecule has 0 radical (unpaired) electrons. The number of hydrogen-bond donors (Lipinski definition) is 0. The molecule has 1 aromatic rings. The van der Waals surface area contributed by atoms with E-state index in [0.717, 1.165) is 18.4 Å². The lowest BCUT2D eigenvalue weighted by Gasteiger charge is -2.09.